The summed E-state index contributed by atoms with van der Waals surface area (Å²) in [5, 5.41) is 2.68. The summed E-state index contributed by atoms with van der Waals surface area (Å²) in [4.78, 5) is 5.78. The van der Waals surface area contributed by atoms with Gasteiger partial charge in [0, 0.05) is 11.1 Å². The molecule has 1 aliphatic rings. The highest BCUT2D eigenvalue weighted by molar-refractivity contribution is 7.14. The van der Waals surface area contributed by atoms with Gasteiger partial charge in [0.15, 0.2) is 0 Å². The summed E-state index contributed by atoms with van der Waals surface area (Å²) in [6.07, 6.45) is 0. The van der Waals surface area contributed by atoms with E-state index in [1.807, 2.05) is 5.51 Å². The van der Waals surface area contributed by atoms with Gasteiger partial charge in [-0.2, -0.15) is 0 Å². The standard InChI is InChI=1S/C13H7NS/c1-3-8-4-2-6-10-11(8)9(5-1)12-13(10)15-7-14-12/h1-7H. The lowest BCUT2D eigenvalue weighted by Crippen LogP contribution is -1.75. The van der Waals surface area contributed by atoms with Crippen LogP contribution in [0.1, 0.15) is 0 Å². The summed E-state index contributed by atoms with van der Waals surface area (Å²) in [5.41, 5.74) is 5.73. The zero-order valence-electron chi connectivity index (χ0n) is 7.90. The minimum Gasteiger partial charge on any atom is -0.244 e. The van der Waals surface area contributed by atoms with Crippen LogP contribution in [-0.2, 0) is 0 Å². The number of nitrogens with zero attached hydrogens (tertiary/aromatic N) is 1. The molecular weight excluding hydrogens is 202 g/mol. The Morgan fingerprint density at radius 3 is 2.60 bits per heavy atom. The van der Waals surface area contributed by atoms with Crippen LogP contribution in [0.5, 0.6) is 0 Å². The molecule has 3 aromatic rings. The lowest BCUT2D eigenvalue weighted by Gasteiger charge is -2.00. The van der Waals surface area contributed by atoms with Gasteiger partial charge in [-0.05, 0) is 10.8 Å². The molecule has 15 heavy (non-hydrogen) atoms. The Bertz CT molecular complexity index is 629. The Labute approximate surface area is 91.0 Å². The van der Waals surface area contributed by atoms with Crippen molar-refractivity contribution in [3.63, 3.8) is 0 Å². The van der Waals surface area contributed by atoms with Crippen molar-refractivity contribution in [3.8, 4) is 21.7 Å². The van der Waals surface area contributed by atoms with E-state index in [1.54, 1.807) is 11.3 Å². The lowest BCUT2D eigenvalue weighted by atomic mass is 10.0. The van der Waals surface area contributed by atoms with Gasteiger partial charge in [-0.15, -0.1) is 11.3 Å². The third-order valence-corrected chi connectivity index (χ3v) is 3.83. The van der Waals surface area contributed by atoms with Gasteiger partial charge >= 0.3 is 0 Å². The lowest BCUT2D eigenvalue weighted by molar-refractivity contribution is 1.43. The van der Waals surface area contributed by atoms with Crippen molar-refractivity contribution in [1.29, 1.82) is 0 Å². The molecule has 1 aliphatic carbocycles. The van der Waals surface area contributed by atoms with Crippen LogP contribution in [-0.4, -0.2) is 4.98 Å². The molecule has 0 unspecified atom stereocenters. The van der Waals surface area contributed by atoms with Crippen molar-refractivity contribution >= 4 is 22.1 Å². The van der Waals surface area contributed by atoms with Gasteiger partial charge in [-0.1, -0.05) is 36.4 Å². The minimum absolute atomic E-state index is 1.16. The first-order valence-corrected chi connectivity index (χ1v) is 5.79. The largest absolute Gasteiger partial charge is 0.244 e. The fraction of sp³-hybridized carbons (Fsp3) is 0. The second-order valence-electron chi connectivity index (χ2n) is 3.74. The van der Waals surface area contributed by atoms with Gasteiger partial charge in [-0.3, -0.25) is 0 Å². The second-order valence-corrected chi connectivity index (χ2v) is 4.59. The predicted octanol–water partition coefficient (Wildman–Crippen LogP) is 3.94. The monoisotopic (exact) mass is 209 g/mol. The number of hydrogen-bond acceptors (Lipinski definition) is 2. The zero-order chi connectivity index (χ0) is 9.83. The molecule has 2 heteroatoms. The second kappa shape index (κ2) is 2.47. The van der Waals surface area contributed by atoms with Crippen molar-refractivity contribution in [2.24, 2.45) is 0 Å². The fourth-order valence-electron chi connectivity index (χ4n) is 2.36. The molecule has 0 fully saturated rings. The van der Waals surface area contributed by atoms with E-state index in [9.17, 15) is 0 Å². The Morgan fingerprint density at radius 1 is 0.933 bits per heavy atom. The van der Waals surface area contributed by atoms with E-state index in [2.05, 4.69) is 41.4 Å². The Balaban J connectivity index is 2.35. The number of rotatable bonds is 0. The molecule has 0 bridgehead atoms. The molecule has 70 valence electrons. The van der Waals surface area contributed by atoms with Gasteiger partial charge in [0.05, 0.1) is 16.1 Å². The normalized spacial score (nSPS) is 12.0. The average Bonchev–Trinajstić information content (AvgIpc) is 2.84. The Hall–Kier alpha value is -1.67. The van der Waals surface area contributed by atoms with Crippen molar-refractivity contribution in [2.45, 2.75) is 0 Å². The Kier molecular flexibility index (Phi) is 1.25. The maximum absolute atomic E-state index is 4.46. The maximum Gasteiger partial charge on any atom is 0.0897 e. The highest BCUT2D eigenvalue weighted by Gasteiger charge is 2.22. The van der Waals surface area contributed by atoms with Crippen molar-refractivity contribution in [2.75, 3.05) is 0 Å². The third kappa shape index (κ3) is 0.809. The average molecular weight is 209 g/mol. The van der Waals surface area contributed by atoms with E-state index in [0.29, 0.717) is 0 Å². The van der Waals surface area contributed by atoms with Crippen LogP contribution in [0.15, 0.2) is 41.9 Å². The number of benzene rings is 2. The molecule has 0 radical (unpaired) electrons. The summed E-state index contributed by atoms with van der Waals surface area (Å²) in [6, 6.07) is 12.9. The highest BCUT2D eigenvalue weighted by atomic mass is 32.1. The van der Waals surface area contributed by atoms with Crippen LogP contribution in [0.3, 0.4) is 0 Å². The first-order chi connectivity index (χ1) is 7.45. The molecule has 0 amide bonds. The summed E-state index contributed by atoms with van der Waals surface area (Å²) >= 11 is 1.73. The molecule has 1 heterocycles. The number of hydrogen-bond donors (Lipinski definition) is 0. The molecule has 0 saturated heterocycles. The van der Waals surface area contributed by atoms with Gasteiger partial charge in [0.2, 0.25) is 0 Å². The highest BCUT2D eigenvalue weighted by Crippen LogP contribution is 2.47. The molecule has 2 aromatic carbocycles. The molecule has 1 nitrogen and oxygen atoms in total. The molecular formula is C13H7NS. The molecule has 0 saturated carbocycles. The van der Waals surface area contributed by atoms with Gasteiger partial charge in [-0.25, -0.2) is 4.98 Å². The van der Waals surface area contributed by atoms with Crippen LogP contribution < -0.4 is 0 Å². The maximum atomic E-state index is 4.46. The van der Waals surface area contributed by atoms with E-state index in [-0.39, 0.29) is 0 Å². The van der Waals surface area contributed by atoms with Crippen molar-refractivity contribution < 1.29 is 0 Å². The van der Waals surface area contributed by atoms with Gasteiger partial charge in [0.25, 0.3) is 0 Å². The van der Waals surface area contributed by atoms with Gasteiger partial charge < -0.3 is 0 Å². The molecule has 0 N–H and O–H groups in total. The van der Waals surface area contributed by atoms with Crippen LogP contribution in [0.25, 0.3) is 32.5 Å². The number of fused-ring (bicyclic) bond motifs is 3. The molecule has 0 spiro atoms. The fourth-order valence-corrected chi connectivity index (χ4v) is 3.19. The summed E-state index contributed by atoms with van der Waals surface area (Å²) in [7, 11) is 0. The molecule has 1 aromatic heterocycles. The molecule has 4 rings (SSSR count). The summed E-state index contributed by atoms with van der Waals surface area (Å²) in [5.74, 6) is 0. The topological polar surface area (TPSA) is 12.9 Å². The van der Waals surface area contributed by atoms with Crippen LogP contribution >= 0.6 is 11.3 Å². The zero-order valence-corrected chi connectivity index (χ0v) is 8.71. The predicted molar refractivity (Wildman–Crippen MR) is 64.1 cm³/mol. The first kappa shape index (κ1) is 7.60. The first-order valence-electron chi connectivity index (χ1n) is 4.91. The van der Waals surface area contributed by atoms with E-state index in [4.69, 9.17) is 0 Å². The summed E-state index contributed by atoms with van der Waals surface area (Å²) in [6.45, 7) is 0. The third-order valence-electron chi connectivity index (χ3n) is 2.97. The Morgan fingerprint density at radius 2 is 1.73 bits per heavy atom. The quantitative estimate of drug-likeness (QED) is 0.427. The molecule has 0 aliphatic heterocycles. The van der Waals surface area contributed by atoms with E-state index >= 15 is 0 Å². The van der Waals surface area contributed by atoms with Crippen LogP contribution in [0.4, 0.5) is 0 Å². The van der Waals surface area contributed by atoms with E-state index < -0.39 is 0 Å². The van der Waals surface area contributed by atoms with Gasteiger partial charge in [0.1, 0.15) is 0 Å². The van der Waals surface area contributed by atoms with E-state index in [1.165, 1.54) is 26.8 Å². The smallest absolute Gasteiger partial charge is 0.0897 e. The number of thiazole rings is 1. The van der Waals surface area contributed by atoms with Crippen LogP contribution in [0, 0.1) is 0 Å². The minimum atomic E-state index is 1.16. The van der Waals surface area contributed by atoms with Crippen molar-refractivity contribution in [3.05, 3.63) is 41.9 Å². The van der Waals surface area contributed by atoms with Crippen molar-refractivity contribution in [1.82, 2.24) is 4.98 Å². The molecule has 0 atom stereocenters. The van der Waals surface area contributed by atoms with Crippen LogP contribution in [0.2, 0.25) is 0 Å². The number of aromatic nitrogens is 1. The van der Waals surface area contributed by atoms with E-state index in [0.717, 1.165) is 5.69 Å². The summed E-state index contributed by atoms with van der Waals surface area (Å²) < 4.78 is 0. The SMILES string of the molecule is c1cc2c3c(cccc3c1)-c1scnc1-2.